The third-order valence-electron chi connectivity index (χ3n) is 4.33. The zero-order valence-electron chi connectivity index (χ0n) is 13.2. The van der Waals surface area contributed by atoms with Crippen LogP contribution >= 0.6 is 0 Å². The monoisotopic (exact) mass is 299 g/mol. The van der Waals surface area contributed by atoms with Crippen LogP contribution in [0, 0.1) is 0 Å². The molecule has 0 atom stereocenters. The molecule has 0 saturated carbocycles. The molecule has 0 unspecified atom stereocenters. The van der Waals surface area contributed by atoms with Gasteiger partial charge in [-0.05, 0) is 55.6 Å². The second-order valence-electron chi connectivity index (χ2n) is 5.86. The Kier molecular flexibility index (Phi) is 5.62. The fourth-order valence-electron chi connectivity index (χ4n) is 3.00. The van der Waals surface area contributed by atoms with Gasteiger partial charge in [-0.1, -0.05) is 0 Å². The van der Waals surface area contributed by atoms with Crippen LogP contribution in [-0.4, -0.2) is 47.3 Å². The number of aromatic nitrogens is 2. The Bertz CT molecular complexity index is 546. The molecule has 2 aromatic rings. The first-order valence-corrected chi connectivity index (χ1v) is 8.25. The van der Waals surface area contributed by atoms with E-state index in [4.69, 9.17) is 4.74 Å². The largest absolute Gasteiger partial charge is 0.379 e. The highest BCUT2D eigenvalue weighted by Crippen LogP contribution is 2.09. The third-order valence-corrected chi connectivity index (χ3v) is 4.33. The Balaban J connectivity index is 1.45. The van der Waals surface area contributed by atoms with Crippen LogP contribution in [0.2, 0.25) is 0 Å². The third kappa shape index (κ3) is 4.42. The molecule has 3 rings (SSSR count). The van der Waals surface area contributed by atoms with Crippen LogP contribution in [0.4, 0.5) is 0 Å². The topological polar surface area (TPSA) is 30.3 Å². The lowest BCUT2D eigenvalue weighted by atomic mass is 10.2. The molecular formula is C18H25N3O. The SMILES string of the molecule is c1cc(CCCN2CCOCC2)n(CCc2ccncc2)c1. The molecule has 0 radical (unpaired) electrons. The van der Waals surface area contributed by atoms with Crippen molar-refractivity contribution in [3.63, 3.8) is 0 Å². The number of aryl methyl sites for hydroxylation is 3. The van der Waals surface area contributed by atoms with E-state index >= 15 is 0 Å². The summed E-state index contributed by atoms with van der Waals surface area (Å²) in [6, 6.07) is 8.62. The van der Waals surface area contributed by atoms with Crippen molar-refractivity contribution in [1.82, 2.24) is 14.5 Å². The summed E-state index contributed by atoms with van der Waals surface area (Å²) < 4.78 is 7.78. The highest BCUT2D eigenvalue weighted by molar-refractivity contribution is 5.12. The fraction of sp³-hybridized carbons (Fsp3) is 0.500. The Morgan fingerprint density at radius 3 is 2.64 bits per heavy atom. The second-order valence-corrected chi connectivity index (χ2v) is 5.86. The summed E-state index contributed by atoms with van der Waals surface area (Å²) in [5.74, 6) is 0. The van der Waals surface area contributed by atoms with E-state index in [1.54, 1.807) is 0 Å². The van der Waals surface area contributed by atoms with Crippen molar-refractivity contribution >= 4 is 0 Å². The van der Waals surface area contributed by atoms with Gasteiger partial charge >= 0.3 is 0 Å². The average molecular weight is 299 g/mol. The van der Waals surface area contributed by atoms with Crippen LogP contribution < -0.4 is 0 Å². The van der Waals surface area contributed by atoms with Gasteiger partial charge in [0.15, 0.2) is 0 Å². The van der Waals surface area contributed by atoms with E-state index < -0.39 is 0 Å². The summed E-state index contributed by atoms with van der Waals surface area (Å²) in [5, 5.41) is 0. The number of ether oxygens (including phenoxy) is 1. The van der Waals surface area contributed by atoms with Gasteiger partial charge in [0.05, 0.1) is 13.2 Å². The zero-order chi connectivity index (χ0) is 15.0. The standard InChI is InChI=1S/C18H25N3O/c1(10-20-13-15-22-16-14-20)3-18-4-2-11-21(18)12-7-17-5-8-19-9-6-17/h2,4-6,8-9,11H,1,3,7,10,12-16H2. The molecule has 22 heavy (non-hydrogen) atoms. The number of morpholine rings is 1. The maximum atomic E-state index is 5.39. The predicted molar refractivity (Wildman–Crippen MR) is 88.0 cm³/mol. The highest BCUT2D eigenvalue weighted by Gasteiger charge is 2.10. The summed E-state index contributed by atoms with van der Waals surface area (Å²) in [6.07, 6.45) is 9.38. The molecule has 2 aromatic heterocycles. The number of nitrogens with zero attached hydrogens (tertiary/aromatic N) is 3. The van der Waals surface area contributed by atoms with Crippen molar-refractivity contribution in [2.24, 2.45) is 0 Å². The van der Waals surface area contributed by atoms with Crippen LogP contribution in [-0.2, 0) is 24.1 Å². The molecule has 0 aromatic carbocycles. The maximum absolute atomic E-state index is 5.39. The smallest absolute Gasteiger partial charge is 0.0594 e. The first-order valence-electron chi connectivity index (χ1n) is 8.25. The van der Waals surface area contributed by atoms with Crippen molar-refractivity contribution in [3.05, 3.63) is 54.1 Å². The minimum absolute atomic E-state index is 0.891. The van der Waals surface area contributed by atoms with Gasteiger partial charge < -0.3 is 9.30 Å². The average Bonchev–Trinajstić information content (AvgIpc) is 3.02. The van der Waals surface area contributed by atoms with Gasteiger partial charge in [-0.3, -0.25) is 9.88 Å². The van der Waals surface area contributed by atoms with Crippen molar-refractivity contribution in [2.45, 2.75) is 25.8 Å². The summed E-state index contributed by atoms with van der Waals surface area (Å²) in [6.45, 7) is 6.18. The zero-order valence-corrected chi connectivity index (χ0v) is 13.2. The van der Waals surface area contributed by atoms with Crippen molar-refractivity contribution in [2.75, 3.05) is 32.8 Å². The Morgan fingerprint density at radius 2 is 1.82 bits per heavy atom. The molecule has 118 valence electrons. The molecule has 0 spiro atoms. The van der Waals surface area contributed by atoms with E-state index in [0.717, 1.165) is 45.7 Å². The van der Waals surface area contributed by atoms with Crippen LogP contribution in [0.1, 0.15) is 17.7 Å². The minimum Gasteiger partial charge on any atom is -0.379 e. The summed E-state index contributed by atoms with van der Waals surface area (Å²) >= 11 is 0. The molecule has 0 aliphatic carbocycles. The van der Waals surface area contributed by atoms with E-state index in [1.165, 1.54) is 24.2 Å². The van der Waals surface area contributed by atoms with Crippen molar-refractivity contribution in [1.29, 1.82) is 0 Å². The molecule has 3 heterocycles. The van der Waals surface area contributed by atoms with E-state index in [1.807, 2.05) is 12.4 Å². The Labute approximate surface area is 132 Å². The first-order chi connectivity index (χ1) is 10.9. The molecule has 1 aliphatic rings. The van der Waals surface area contributed by atoms with Gasteiger partial charge in [0.2, 0.25) is 0 Å². The van der Waals surface area contributed by atoms with Gasteiger partial charge in [-0.25, -0.2) is 0 Å². The lowest BCUT2D eigenvalue weighted by molar-refractivity contribution is 0.0374. The first kappa shape index (κ1) is 15.3. The molecule has 1 fully saturated rings. The molecule has 1 saturated heterocycles. The molecule has 0 bridgehead atoms. The molecule has 0 N–H and O–H groups in total. The van der Waals surface area contributed by atoms with Gasteiger partial charge in [0, 0.05) is 43.9 Å². The molecule has 0 amide bonds. The van der Waals surface area contributed by atoms with E-state index in [9.17, 15) is 0 Å². The normalized spacial score (nSPS) is 16.0. The number of rotatable bonds is 7. The number of hydrogen-bond acceptors (Lipinski definition) is 3. The minimum atomic E-state index is 0.891. The highest BCUT2D eigenvalue weighted by atomic mass is 16.5. The van der Waals surface area contributed by atoms with Crippen LogP contribution in [0.5, 0.6) is 0 Å². The molecule has 4 heteroatoms. The van der Waals surface area contributed by atoms with E-state index in [2.05, 4.69) is 44.9 Å². The van der Waals surface area contributed by atoms with E-state index in [0.29, 0.717) is 0 Å². The van der Waals surface area contributed by atoms with Crippen LogP contribution in [0.25, 0.3) is 0 Å². The fourth-order valence-corrected chi connectivity index (χ4v) is 3.00. The Morgan fingerprint density at radius 1 is 1.00 bits per heavy atom. The van der Waals surface area contributed by atoms with E-state index in [-0.39, 0.29) is 0 Å². The quantitative estimate of drug-likeness (QED) is 0.786. The lowest BCUT2D eigenvalue weighted by Crippen LogP contribution is -2.37. The summed E-state index contributed by atoms with van der Waals surface area (Å²) in [4.78, 5) is 6.58. The van der Waals surface area contributed by atoms with Crippen molar-refractivity contribution in [3.8, 4) is 0 Å². The molecule has 1 aliphatic heterocycles. The lowest BCUT2D eigenvalue weighted by Gasteiger charge is -2.26. The maximum Gasteiger partial charge on any atom is 0.0594 e. The molecule has 4 nitrogen and oxygen atoms in total. The second kappa shape index (κ2) is 8.11. The number of pyridine rings is 1. The van der Waals surface area contributed by atoms with Gasteiger partial charge in [-0.15, -0.1) is 0 Å². The predicted octanol–water partition coefficient (Wildman–Crippen LogP) is 2.39. The van der Waals surface area contributed by atoms with Crippen LogP contribution in [0.3, 0.4) is 0 Å². The molecular weight excluding hydrogens is 274 g/mol. The van der Waals surface area contributed by atoms with Gasteiger partial charge in [0.1, 0.15) is 0 Å². The van der Waals surface area contributed by atoms with Crippen molar-refractivity contribution < 1.29 is 4.74 Å². The summed E-state index contributed by atoms with van der Waals surface area (Å²) in [5.41, 5.74) is 2.80. The number of hydrogen-bond donors (Lipinski definition) is 0. The summed E-state index contributed by atoms with van der Waals surface area (Å²) in [7, 11) is 0. The van der Waals surface area contributed by atoms with Gasteiger partial charge in [-0.2, -0.15) is 0 Å². The van der Waals surface area contributed by atoms with Gasteiger partial charge in [0.25, 0.3) is 0 Å². The Hall–Kier alpha value is -1.65. The van der Waals surface area contributed by atoms with Crippen LogP contribution in [0.15, 0.2) is 42.9 Å².